The highest BCUT2D eigenvalue weighted by atomic mass is 19.1. The zero-order chi connectivity index (χ0) is 13.1. The molecule has 6 heteroatoms. The molecule has 0 fully saturated rings. The third-order valence-electron chi connectivity index (χ3n) is 2.36. The Balaban J connectivity index is 2.05. The zero-order valence-corrected chi connectivity index (χ0v) is 9.85. The second-order valence-corrected chi connectivity index (χ2v) is 3.97. The largest absolute Gasteiger partial charge is 0.382 e. The summed E-state index contributed by atoms with van der Waals surface area (Å²) in [7, 11) is 0. The number of carbonyl (C=O) groups excluding carboxylic acids is 1. The van der Waals surface area contributed by atoms with E-state index in [1.807, 2.05) is 6.92 Å². The van der Waals surface area contributed by atoms with E-state index in [1.165, 1.54) is 10.7 Å². The van der Waals surface area contributed by atoms with Gasteiger partial charge in [-0.1, -0.05) is 6.07 Å². The van der Waals surface area contributed by atoms with Crippen LogP contribution in [0.4, 0.5) is 15.9 Å². The van der Waals surface area contributed by atoms with Gasteiger partial charge in [0, 0.05) is 6.20 Å². The van der Waals surface area contributed by atoms with Gasteiger partial charge in [0.15, 0.2) is 0 Å². The molecule has 0 aliphatic heterocycles. The molecule has 1 aromatic carbocycles. The van der Waals surface area contributed by atoms with Gasteiger partial charge < -0.3 is 11.1 Å². The van der Waals surface area contributed by atoms with Crippen LogP contribution < -0.4 is 11.1 Å². The van der Waals surface area contributed by atoms with E-state index in [9.17, 15) is 9.18 Å². The number of nitrogens with two attached hydrogens (primary N) is 1. The van der Waals surface area contributed by atoms with Gasteiger partial charge in [-0.25, -0.2) is 4.39 Å². The van der Waals surface area contributed by atoms with Crippen LogP contribution in [0.15, 0.2) is 30.5 Å². The molecule has 18 heavy (non-hydrogen) atoms. The van der Waals surface area contributed by atoms with Gasteiger partial charge in [-0.05, 0) is 30.7 Å². The number of amides is 1. The van der Waals surface area contributed by atoms with Gasteiger partial charge in [0.05, 0.1) is 5.69 Å². The first kappa shape index (κ1) is 12.1. The number of benzene rings is 1. The summed E-state index contributed by atoms with van der Waals surface area (Å²) in [5.74, 6) is -0.485. The van der Waals surface area contributed by atoms with Crippen LogP contribution in [0.3, 0.4) is 0 Å². The minimum atomic E-state index is -0.464. The maximum absolute atomic E-state index is 13.4. The fourth-order valence-electron chi connectivity index (χ4n) is 1.54. The third-order valence-corrected chi connectivity index (χ3v) is 2.36. The van der Waals surface area contributed by atoms with Crippen LogP contribution in [0.25, 0.3) is 0 Å². The summed E-state index contributed by atoms with van der Waals surface area (Å²) in [6.45, 7) is 1.81. The Hall–Kier alpha value is -2.37. The minimum Gasteiger partial charge on any atom is -0.382 e. The molecule has 5 nitrogen and oxygen atoms in total. The molecule has 0 aliphatic rings. The number of aromatic nitrogens is 2. The van der Waals surface area contributed by atoms with Crippen LogP contribution in [0.1, 0.15) is 5.56 Å². The molecule has 3 N–H and O–H groups in total. The Morgan fingerprint density at radius 1 is 1.50 bits per heavy atom. The van der Waals surface area contributed by atoms with Gasteiger partial charge in [-0.2, -0.15) is 5.10 Å². The van der Waals surface area contributed by atoms with Crippen LogP contribution in [0.2, 0.25) is 0 Å². The number of halogens is 1. The molecule has 2 rings (SSSR count). The predicted octanol–water partition coefficient (Wildman–Crippen LogP) is 1.55. The van der Waals surface area contributed by atoms with Crippen molar-refractivity contribution < 1.29 is 9.18 Å². The lowest BCUT2D eigenvalue weighted by Crippen LogP contribution is -2.19. The number of nitrogen functional groups attached to an aromatic ring is 1. The fraction of sp³-hybridized carbons (Fsp3) is 0.167. The summed E-state index contributed by atoms with van der Waals surface area (Å²) in [4.78, 5) is 11.7. The molecule has 2 aromatic rings. The minimum absolute atomic E-state index is 0.00934. The molecule has 1 aromatic heterocycles. The van der Waals surface area contributed by atoms with E-state index in [0.717, 1.165) is 5.56 Å². The standard InChI is InChI=1S/C12H13FN4O/c1-8-2-3-9(13)10(6-8)15-12(18)7-17-5-4-11(14)16-17/h2-6H,7H2,1H3,(H2,14,16)(H,15,18). The quantitative estimate of drug-likeness (QED) is 0.865. The Bertz CT molecular complexity index is 579. The second-order valence-electron chi connectivity index (χ2n) is 3.97. The van der Waals surface area contributed by atoms with Crippen LogP contribution in [-0.4, -0.2) is 15.7 Å². The van der Waals surface area contributed by atoms with Gasteiger partial charge in [-0.15, -0.1) is 0 Å². The molecular weight excluding hydrogens is 235 g/mol. The van der Waals surface area contributed by atoms with Gasteiger partial charge >= 0.3 is 0 Å². The molecule has 0 atom stereocenters. The summed E-state index contributed by atoms with van der Waals surface area (Å²) in [5.41, 5.74) is 6.46. The molecule has 0 bridgehead atoms. The first-order valence-electron chi connectivity index (χ1n) is 5.39. The normalized spacial score (nSPS) is 10.3. The highest BCUT2D eigenvalue weighted by Gasteiger charge is 2.08. The van der Waals surface area contributed by atoms with Crippen LogP contribution in [-0.2, 0) is 11.3 Å². The van der Waals surface area contributed by atoms with Gasteiger partial charge in [0.1, 0.15) is 18.2 Å². The monoisotopic (exact) mass is 248 g/mol. The number of hydrogen-bond acceptors (Lipinski definition) is 3. The molecule has 1 amide bonds. The van der Waals surface area contributed by atoms with Crippen molar-refractivity contribution >= 4 is 17.4 Å². The Morgan fingerprint density at radius 3 is 2.94 bits per heavy atom. The smallest absolute Gasteiger partial charge is 0.246 e. The van der Waals surface area contributed by atoms with E-state index in [1.54, 1.807) is 24.4 Å². The second kappa shape index (κ2) is 4.87. The van der Waals surface area contributed by atoms with E-state index < -0.39 is 5.82 Å². The fourth-order valence-corrected chi connectivity index (χ4v) is 1.54. The molecule has 0 radical (unpaired) electrons. The SMILES string of the molecule is Cc1ccc(F)c(NC(=O)Cn2ccc(N)n2)c1. The lowest BCUT2D eigenvalue weighted by molar-refractivity contribution is -0.116. The van der Waals surface area contributed by atoms with Crippen LogP contribution >= 0.6 is 0 Å². The number of rotatable bonds is 3. The summed E-state index contributed by atoms with van der Waals surface area (Å²) in [6, 6.07) is 6.11. The van der Waals surface area contributed by atoms with Crippen molar-refractivity contribution in [1.29, 1.82) is 0 Å². The van der Waals surface area contributed by atoms with E-state index in [0.29, 0.717) is 5.82 Å². The van der Waals surface area contributed by atoms with Crippen molar-refractivity contribution in [3.05, 3.63) is 41.8 Å². The zero-order valence-electron chi connectivity index (χ0n) is 9.85. The third kappa shape index (κ3) is 2.85. The summed E-state index contributed by atoms with van der Waals surface area (Å²) in [5, 5.41) is 6.37. The highest BCUT2D eigenvalue weighted by Crippen LogP contribution is 2.15. The first-order valence-corrected chi connectivity index (χ1v) is 5.39. The Kier molecular flexibility index (Phi) is 3.27. The highest BCUT2D eigenvalue weighted by molar-refractivity contribution is 5.90. The van der Waals surface area contributed by atoms with Crippen molar-refractivity contribution in [3.63, 3.8) is 0 Å². The Labute approximate surface area is 103 Å². The first-order chi connectivity index (χ1) is 8.54. The lowest BCUT2D eigenvalue weighted by Gasteiger charge is -2.07. The van der Waals surface area contributed by atoms with Gasteiger partial charge in [-0.3, -0.25) is 9.48 Å². The predicted molar refractivity (Wildman–Crippen MR) is 66.4 cm³/mol. The van der Waals surface area contributed by atoms with Crippen LogP contribution in [0.5, 0.6) is 0 Å². The number of nitrogens with one attached hydrogen (secondary N) is 1. The van der Waals surface area contributed by atoms with Crippen molar-refractivity contribution in [2.75, 3.05) is 11.1 Å². The molecule has 1 heterocycles. The van der Waals surface area contributed by atoms with E-state index in [4.69, 9.17) is 5.73 Å². The molecule has 94 valence electrons. The average Bonchev–Trinajstić information content (AvgIpc) is 2.69. The molecule has 0 spiro atoms. The summed E-state index contributed by atoms with van der Waals surface area (Å²) >= 11 is 0. The molecule has 0 saturated heterocycles. The van der Waals surface area contributed by atoms with Gasteiger partial charge in [0.25, 0.3) is 0 Å². The van der Waals surface area contributed by atoms with E-state index in [2.05, 4.69) is 10.4 Å². The van der Waals surface area contributed by atoms with Gasteiger partial charge in [0.2, 0.25) is 5.91 Å². The maximum atomic E-state index is 13.4. The molecule has 0 unspecified atom stereocenters. The number of anilines is 2. The van der Waals surface area contributed by atoms with E-state index >= 15 is 0 Å². The maximum Gasteiger partial charge on any atom is 0.246 e. The average molecular weight is 248 g/mol. The number of aryl methyl sites for hydroxylation is 1. The molecule has 0 saturated carbocycles. The number of hydrogen-bond donors (Lipinski definition) is 2. The summed E-state index contributed by atoms with van der Waals surface area (Å²) in [6.07, 6.45) is 1.58. The van der Waals surface area contributed by atoms with Crippen molar-refractivity contribution in [2.45, 2.75) is 13.5 Å². The molecule has 0 aliphatic carbocycles. The number of nitrogens with zero attached hydrogens (tertiary/aromatic N) is 2. The van der Waals surface area contributed by atoms with Crippen molar-refractivity contribution in [3.8, 4) is 0 Å². The summed E-state index contributed by atoms with van der Waals surface area (Å²) < 4.78 is 14.8. The van der Waals surface area contributed by atoms with Crippen LogP contribution in [0, 0.1) is 12.7 Å². The van der Waals surface area contributed by atoms with Crippen molar-refractivity contribution in [2.24, 2.45) is 0 Å². The van der Waals surface area contributed by atoms with Crippen molar-refractivity contribution in [1.82, 2.24) is 9.78 Å². The Morgan fingerprint density at radius 2 is 2.28 bits per heavy atom. The number of carbonyl (C=O) groups is 1. The van der Waals surface area contributed by atoms with E-state index in [-0.39, 0.29) is 18.1 Å². The topological polar surface area (TPSA) is 72.9 Å². The molecular formula is C12H13FN4O. The lowest BCUT2D eigenvalue weighted by atomic mass is 10.2.